The number of fused-ring (bicyclic) bond motifs is 1. The third kappa shape index (κ3) is 5.55. The van der Waals surface area contributed by atoms with Crippen molar-refractivity contribution in [3.63, 3.8) is 0 Å². The van der Waals surface area contributed by atoms with Gasteiger partial charge in [-0.05, 0) is 56.3 Å². The fourth-order valence-corrected chi connectivity index (χ4v) is 3.46. The van der Waals surface area contributed by atoms with Gasteiger partial charge < -0.3 is 19.4 Å². The molecule has 2 aromatic carbocycles. The predicted molar refractivity (Wildman–Crippen MR) is 104 cm³/mol. The summed E-state index contributed by atoms with van der Waals surface area (Å²) < 4.78 is 28.9. The molecule has 0 atom stereocenters. The predicted octanol–water partition coefficient (Wildman–Crippen LogP) is -1.12. The van der Waals surface area contributed by atoms with Crippen LogP contribution in [0, 0.1) is 11.6 Å². The van der Waals surface area contributed by atoms with Gasteiger partial charge in [0.2, 0.25) is 0 Å². The van der Waals surface area contributed by atoms with Gasteiger partial charge in [0.1, 0.15) is 0 Å². The smallest absolute Gasteiger partial charge is 0.548 e. The van der Waals surface area contributed by atoms with Crippen molar-refractivity contribution < 1.29 is 48.2 Å². The minimum Gasteiger partial charge on any atom is -0.548 e. The van der Waals surface area contributed by atoms with Crippen molar-refractivity contribution in [2.45, 2.75) is 25.9 Å². The van der Waals surface area contributed by atoms with E-state index in [4.69, 9.17) is 0 Å². The molecule has 0 bridgehead atoms. The van der Waals surface area contributed by atoms with Crippen molar-refractivity contribution in [1.82, 2.24) is 9.47 Å². The first kappa shape index (κ1) is 24.2. The number of hydrogen-bond acceptors (Lipinski definition) is 4. The molecule has 0 spiro atoms. The Labute approximate surface area is 195 Å². The Hall–Kier alpha value is -2.06. The summed E-state index contributed by atoms with van der Waals surface area (Å²) >= 11 is 0. The monoisotopic (exact) mass is 422 g/mol. The first-order valence-electron chi connectivity index (χ1n) is 9.19. The number of carboxylic acids is 1. The SMILES string of the molecule is CN(C)Cc1ccc2c(=O)cc(CCc3cccc(F)c3F)n(CC(=O)[O-])c2c1.[Na+]. The molecule has 0 saturated carbocycles. The second kappa shape index (κ2) is 10.3. The minimum atomic E-state index is -1.30. The topological polar surface area (TPSA) is 65.4 Å². The average Bonchev–Trinajstić information content (AvgIpc) is 2.65. The molecule has 152 valence electrons. The Morgan fingerprint density at radius 3 is 2.50 bits per heavy atom. The Morgan fingerprint density at radius 1 is 1.10 bits per heavy atom. The summed E-state index contributed by atoms with van der Waals surface area (Å²) in [7, 11) is 3.81. The summed E-state index contributed by atoms with van der Waals surface area (Å²) in [5.41, 5.74) is 1.75. The molecule has 1 heterocycles. The Morgan fingerprint density at radius 2 is 1.83 bits per heavy atom. The molecule has 8 heteroatoms. The third-order valence-electron chi connectivity index (χ3n) is 4.73. The number of carbonyl (C=O) groups is 1. The number of benzene rings is 2. The molecule has 0 N–H and O–H groups in total. The fourth-order valence-electron chi connectivity index (χ4n) is 3.46. The van der Waals surface area contributed by atoms with E-state index in [0.29, 0.717) is 23.1 Å². The first-order chi connectivity index (χ1) is 13.8. The van der Waals surface area contributed by atoms with Crippen LogP contribution in [0.3, 0.4) is 0 Å². The van der Waals surface area contributed by atoms with Crippen molar-refractivity contribution >= 4 is 16.9 Å². The quantitative estimate of drug-likeness (QED) is 0.453. The summed E-state index contributed by atoms with van der Waals surface area (Å²) in [6, 6.07) is 10.6. The van der Waals surface area contributed by atoms with Crippen molar-refractivity contribution in [3.8, 4) is 0 Å². The molecule has 30 heavy (non-hydrogen) atoms. The zero-order chi connectivity index (χ0) is 21.1. The second-order valence-electron chi connectivity index (χ2n) is 7.26. The van der Waals surface area contributed by atoms with E-state index in [2.05, 4.69) is 0 Å². The Kier molecular flexibility index (Phi) is 8.32. The van der Waals surface area contributed by atoms with E-state index in [-0.39, 0.29) is 53.4 Å². The minimum absolute atomic E-state index is 0. The van der Waals surface area contributed by atoms with Crippen LogP contribution >= 0.6 is 0 Å². The molecule has 3 rings (SSSR count). The van der Waals surface area contributed by atoms with Crippen LogP contribution in [0.15, 0.2) is 47.3 Å². The van der Waals surface area contributed by atoms with Gasteiger partial charge in [-0.25, -0.2) is 8.78 Å². The van der Waals surface area contributed by atoms with Gasteiger partial charge in [-0.2, -0.15) is 0 Å². The maximum atomic E-state index is 14.0. The van der Waals surface area contributed by atoms with Gasteiger partial charge >= 0.3 is 29.6 Å². The van der Waals surface area contributed by atoms with E-state index in [1.807, 2.05) is 25.1 Å². The molecule has 0 aliphatic carbocycles. The van der Waals surface area contributed by atoms with Gasteiger partial charge in [0, 0.05) is 23.7 Å². The normalized spacial score (nSPS) is 11.0. The maximum Gasteiger partial charge on any atom is 1.00 e. The number of aromatic nitrogens is 1. The average molecular weight is 422 g/mol. The number of aryl methyl sites for hydroxylation is 2. The van der Waals surface area contributed by atoms with Gasteiger partial charge in [-0.3, -0.25) is 4.79 Å². The summed E-state index contributed by atoms with van der Waals surface area (Å²) in [5, 5.41) is 11.8. The Balaban J connectivity index is 0.00000320. The summed E-state index contributed by atoms with van der Waals surface area (Å²) in [6.07, 6.45) is 0.301. The molecule has 1 aromatic heterocycles. The molecule has 5 nitrogen and oxygen atoms in total. The van der Waals surface area contributed by atoms with E-state index in [1.54, 1.807) is 12.1 Å². The van der Waals surface area contributed by atoms with Gasteiger partial charge in [0.05, 0.1) is 18.0 Å². The van der Waals surface area contributed by atoms with Crippen LogP contribution < -0.4 is 40.1 Å². The number of pyridine rings is 1. The van der Waals surface area contributed by atoms with Gasteiger partial charge in [0.15, 0.2) is 17.1 Å². The number of nitrogens with zero attached hydrogens (tertiary/aromatic N) is 2. The molecular formula is C22H21F2N2NaO3. The number of aliphatic carboxylic acids is 1. The van der Waals surface area contributed by atoms with Crippen LogP contribution in [0.25, 0.3) is 10.9 Å². The number of halogens is 2. The fraction of sp³-hybridized carbons (Fsp3) is 0.273. The van der Waals surface area contributed by atoms with Crippen molar-refractivity contribution in [2.24, 2.45) is 0 Å². The maximum absolute atomic E-state index is 14.0. The first-order valence-corrected chi connectivity index (χ1v) is 9.19. The van der Waals surface area contributed by atoms with Crippen molar-refractivity contribution in [1.29, 1.82) is 0 Å². The van der Waals surface area contributed by atoms with Crippen molar-refractivity contribution in [3.05, 3.63) is 81.1 Å². The Bertz CT molecular complexity index is 1130. The number of carboxylic acid groups (broad SMARTS) is 1. The standard InChI is InChI=1S/C22H22F2N2O3.Na/c1-25(2)12-14-6-9-17-19(10-14)26(13-21(28)29)16(11-20(17)27)8-7-15-4-3-5-18(23)22(15)24;/h3-6,9-11H,7-8,12-13H2,1-2H3,(H,28,29);/q;+1/p-1. The van der Waals surface area contributed by atoms with Crippen LogP contribution in [0.2, 0.25) is 0 Å². The largest absolute Gasteiger partial charge is 1.00 e. The van der Waals surface area contributed by atoms with Gasteiger partial charge in [-0.15, -0.1) is 0 Å². The van der Waals surface area contributed by atoms with Gasteiger partial charge in [-0.1, -0.05) is 18.2 Å². The molecule has 3 aromatic rings. The molecule has 0 fully saturated rings. The second-order valence-corrected chi connectivity index (χ2v) is 7.26. The van der Waals surface area contributed by atoms with Crippen molar-refractivity contribution in [2.75, 3.05) is 14.1 Å². The van der Waals surface area contributed by atoms with Crippen LogP contribution in [-0.2, 0) is 30.7 Å². The van der Waals surface area contributed by atoms with E-state index in [9.17, 15) is 23.5 Å². The summed E-state index contributed by atoms with van der Waals surface area (Å²) in [4.78, 5) is 25.9. The molecule has 0 amide bonds. The van der Waals surface area contributed by atoms with E-state index in [1.165, 1.54) is 22.8 Å². The molecular weight excluding hydrogens is 401 g/mol. The van der Waals surface area contributed by atoms with E-state index < -0.39 is 24.1 Å². The number of carbonyl (C=O) groups excluding carboxylic acids is 1. The number of rotatable bonds is 7. The zero-order valence-electron chi connectivity index (χ0n) is 17.2. The summed E-state index contributed by atoms with van der Waals surface area (Å²) in [6.45, 7) is 0.178. The van der Waals surface area contributed by atoms with E-state index >= 15 is 0 Å². The zero-order valence-corrected chi connectivity index (χ0v) is 19.2. The molecule has 0 unspecified atom stereocenters. The third-order valence-corrected chi connectivity index (χ3v) is 4.73. The van der Waals surface area contributed by atoms with Gasteiger partial charge in [0.25, 0.3) is 0 Å². The van der Waals surface area contributed by atoms with Crippen LogP contribution in [0.4, 0.5) is 8.78 Å². The van der Waals surface area contributed by atoms with Crippen LogP contribution in [0.1, 0.15) is 16.8 Å². The van der Waals surface area contributed by atoms with Crippen LogP contribution in [0.5, 0.6) is 0 Å². The summed E-state index contributed by atoms with van der Waals surface area (Å²) in [5.74, 6) is -3.18. The molecule has 0 aliphatic rings. The van der Waals surface area contributed by atoms with E-state index in [0.717, 1.165) is 11.6 Å². The number of hydrogen-bond donors (Lipinski definition) is 0. The molecule has 0 aliphatic heterocycles. The van der Waals surface area contributed by atoms with Crippen LogP contribution in [-0.4, -0.2) is 29.5 Å². The molecule has 0 radical (unpaired) electrons. The molecule has 0 saturated heterocycles.